The van der Waals surface area contributed by atoms with Crippen molar-refractivity contribution in [2.24, 2.45) is 0 Å². The fourth-order valence-electron chi connectivity index (χ4n) is 3.65. The molecule has 5 N–H and O–H groups in total. The van der Waals surface area contributed by atoms with Gasteiger partial charge in [-0.3, -0.25) is 4.79 Å². The SMILES string of the molecule is CCNC(=O)C[C@@]1(CCCc2ccc(OC)cc2)N[C@H](CO)[C@@H](O)[C@@H]1O. The van der Waals surface area contributed by atoms with Gasteiger partial charge in [0.15, 0.2) is 0 Å². The van der Waals surface area contributed by atoms with E-state index >= 15 is 0 Å². The predicted molar refractivity (Wildman–Crippen MR) is 98.0 cm³/mol. The van der Waals surface area contributed by atoms with Gasteiger partial charge in [0.25, 0.3) is 0 Å². The highest BCUT2D eigenvalue weighted by Gasteiger charge is 2.52. The molecule has 1 aliphatic heterocycles. The van der Waals surface area contributed by atoms with Gasteiger partial charge in [0.2, 0.25) is 5.91 Å². The lowest BCUT2D eigenvalue weighted by Gasteiger charge is -2.33. The minimum absolute atomic E-state index is 0.0537. The molecular weight excluding hydrogens is 336 g/mol. The van der Waals surface area contributed by atoms with Crippen LogP contribution >= 0.6 is 0 Å². The fourth-order valence-corrected chi connectivity index (χ4v) is 3.65. The minimum atomic E-state index is -1.11. The summed E-state index contributed by atoms with van der Waals surface area (Å²) in [6, 6.07) is 7.13. The number of amides is 1. The molecule has 0 aromatic heterocycles. The lowest BCUT2D eigenvalue weighted by Crippen LogP contribution is -2.53. The molecule has 1 aromatic carbocycles. The largest absolute Gasteiger partial charge is 0.497 e. The van der Waals surface area contributed by atoms with Crippen molar-refractivity contribution in [3.05, 3.63) is 29.8 Å². The van der Waals surface area contributed by atoms with Gasteiger partial charge in [-0.05, 0) is 43.9 Å². The second kappa shape index (κ2) is 9.32. The van der Waals surface area contributed by atoms with Crippen molar-refractivity contribution in [2.45, 2.75) is 56.4 Å². The van der Waals surface area contributed by atoms with Crippen LogP contribution in [-0.2, 0) is 11.2 Å². The summed E-state index contributed by atoms with van der Waals surface area (Å²) < 4.78 is 5.15. The van der Waals surface area contributed by atoms with Gasteiger partial charge in [0.1, 0.15) is 11.9 Å². The van der Waals surface area contributed by atoms with E-state index in [4.69, 9.17) is 4.74 Å². The fraction of sp³-hybridized carbons (Fsp3) is 0.632. The van der Waals surface area contributed by atoms with E-state index in [1.807, 2.05) is 31.2 Å². The Hall–Kier alpha value is -1.67. The molecule has 7 heteroatoms. The number of aryl methyl sites for hydroxylation is 1. The van der Waals surface area contributed by atoms with Crippen molar-refractivity contribution in [3.63, 3.8) is 0 Å². The number of carbonyl (C=O) groups is 1. The summed E-state index contributed by atoms with van der Waals surface area (Å²) in [5.41, 5.74) is 0.184. The number of rotatable bonds is 9. The van der Waals surface area contributed by atoms with Gasteiger partial charge >= 0.3 is 0 Å². The van der Waals surface area contributed by atoms with E-state index in [9.17, 15) is 20.1 Å². The number of benzene rings is 1. The molecule has 4 atom stereocenters. The maximum Gasteiger partial charge on any atom is 0.221 e. The molecule has 0 saturated carbocycles. The molecule has 2 rings (SSSR count). The molecule has 0 radical (unpaired) electrons. The summed E-state index contributed by atoms with van der Waals surface area (Å²) in [5.74, 6) is 0.609. The number of hydrogen-bond acceptors (Lipinski definition) is 6. The van der Waals surface area contributed by atoms with Crippen LogP contribution in [0.3, 0.4) is 0 Å². The summed E-state index contributed by atoms with van der Waals surface area (Å²) in [5, 5.41) is 36.0. The van der Waals surface area contributed by atoms with Crippen molar-refractivity contribution in [2.75, 3.05) is 20.3 Å². The molecule has 1 aromatic rings. The molecule has 146 valence electrons. The monoisotopic (exact) mass is 366 g/mol. The Morgan fingerprint density at radius 3 is 2.54 bits per heavy atom. The van der Waals surface area contributed by atoms with E-state index in [2.05, 4.69) is 10.6 Å². The number of ether oxygens (including phenoxy) is 1. The van der Waals surface area contributed by atoms with Crippen LogP contribution in [-0.4, -0.2) is 65.3 Å². The van der Waals surface area contributed by atoms with Crippen LogP contribution in [0.4, 0.5) is 0 Å². The number of nitrogens with one attached hydrogen (secondary N) is 2. The average molecular weight is 366 g/mol. The van der Waals surface area contributed by atoms with Crippen LogP contribution in [0.1, 0.15) is 31.7 Å². The van der Waals surface area contributed by atoms with Crippen LogP contribution in [0.25, 0.3) is 0 Å². The Morgan fingerprint density at radius 1 is 1.31 bits per heavy atom. The zero-order valence-corrected chi connectivity index (χ0v) is 15.4. The molecule has 1 heterocycles. The predicted octanol–water partition coefficient (Wildman–Crippen LogP) is -0.0312. The van der Waals surface area contributed by atoms with Gasteiger partial charge in [-0.15, -0.1) is 0 Å². The van der Waals surface area contributed by atoms with Crippen LogP contribution < -0.4 is 15.4 Å². The number of hydrogen-bond donors (Lipinski definition) is 5. The van der Waals surface area contributed by atoms with E-state index in [0.29, 0.717) is 13.0 Å². The van der Waals surface area contributed by atoms with Crippen molar-refractivity contribution < 1.29 is 24.9 Å². The highest BCUT2D eigenvalue weighted by molar-refractivity contribution is 5.77. The van der Waals surface area contributed by atoms with Crippen LogP contribution in [0.5, 0.6) is 5.75 Å². The Morgan fingerprint density at radius 2 is 2.00 bits per heavy atom. The Bertz CT molecular complexity index is 580. The molecule has 1 amide bonds. The van der Waals surface area contributed by atoms with Gasteiger partial charge in [-0.2, -0.15) is 0 Å². The third-order valence-corrected chi connectivity index (χ3v) is 5.07. The summed E-state index contributed by atoms with van der Waals surface area (Å²) in [6.07, 6.45) is -0.160. The number of aliphatic hydroxyl groups is 3. The highest BCUT2D eigenvalue weighted by Crippen LogP contribution is 2.33. The lowest BCUT2D eigenvalue weighted by molar-refractivity contribution is -0.124. The molecule has 1 saturated heterocycles. The van der Waals surface area contributed by atoms with Crippen LogP contribution in [0, 0.1) is 0 Å². The molecule has 0 bridgehead atoms. The Labute approximate surface area is 154 Å². The van der Waals surface area contributed by atoms with Gasteiger partial charge < -0.3 is 30.7 Å². The number of methoxy groups -OCH3 is 1. The first-order chi connectivity index (χ1) is 12.5. The quantitative estimate of drug-likeness (QED) is 0.420. The van der Waals surface area contributed by atoms with E-state index in [-0.39, 0.29) is 18.9 Å². The van der Waals surface area contributed by atoms with E-state index in [0.717, 1.165) is 24.2 Å². The maximum absolute atomic E-state index is 12.1. The van der Waals surface area contributed by atoms with E-state index in [1.54, 1.807) is 7.11 Å². The summed E-state index contributed by atoms with van der Waals surface area (Å²) in [4.78, 5) is 12.1. The van der Waals surface area contributed by atoms with Gasteiger partial charge in [0.05, 0.1) is 31.4 Å². The smallest absolute Gasteiger partial charge is 0.221 e. The van der Waals surface area contributed by atoms with Crippen molar-refractivity contribution >= 4 is 5.91 Å². The zero-order chi connectivity index (χ0) is 19.2. The van der Waals surface area contributed by atoms with E-state index < -0.39 is 23.8 Å². The first kappa shape index (κ1) is 20.6. The van der Waals surface area contributed by atoms with Gasteiger partial charge in [-0.25, -0.2) is 0 Å². The zero-order valence-electron chi connectivity index (χ0n) is 15.4. The minimum Gasteiger partial charge on any atom is -0.497 e. The molecule has 0 spiro atoms. The number of aliphatic hydroxyl groups excluding tert-OH is 3. The average Bonchev–Trinajstić information content (AvgIpc) is 2.87. The second-order valence-corrected chi connectivity index (χ2v) is 6.86. The maximum atomic E-state index is 12.1. The lowest BCUT2D eigenvalue weighted by atomic mass is 9.83. The second-order valence-electron chi connectivity index (χ2n) is 6.86. The first-order valence-corrected chi connectivity index (χ1v) is 9.10. The summed E-state index contributed by atoms with van der Waals surface area (Å²) in [7, 11) is 1.62. The van der Waals surface area contributed by atoms with Crippen molar-refractivity contribution in [1.29, 1.82) is 0 Å². The molecule has 7 nitrogen and oxygen atoms in total. The van der Waals surface area contributed by atoms with Gasteiger partial charge in [0, 0.05) is 13.0 Å². The molecule has 1 fully saturated rings. The molecule has 26 heavy (non-hydrogen) atoms. The third-order valence-electron chi connectivity index (χ3n) is 5.07. The molecule has 1 aliphatic rings. The van der Waals surface area contributed by atoms with Crippen LogP contribution in [0.15, 0.2) is 24.3 Å². The third kappa shape index (κ3) is 4.73. The molecule has 0 aliphatic carbocycles. The highest BCUT2D eigenvalue weighted by atomic mass is 16.5. The first-order valence-electron chi connectivity index (χ1n) is 9.10. The normalized spacial score (nSPS) is 28.1. The summed E-state index contributed by atoms with van der Waals surface area (Å²) >= 11 is 0. The number of carbonyl (C=O) groups excluding carboxylic acids is 1. The standard InChI is InChI=1S/C19H30N2O5/c1-3-20-16(23)11-19(18(25)17(24)15(12-22)21-19)10-4-5-13-6-8-14(26-2)9-7-13/h6-9,15,17-18,21-22,24-25H,3-5,10-12H2,1-2H3,(H,20,23)/t15-,17-,18+,19-/m1/s1. The molecule has 0 unspecified atom stereocenters. The van der Waals surface area contributed by atoms with Crippen LogP contribution in [0.2, 0.25) is 0 Å². The topological polar surface area (TPSA) is 111 Å². The Kier molecular flexibility index (Phi) is 7.40. The summed E-state index contributed by atoms with van der Waals surface area (Å²) in [6.45, 7) is 2.04. The Balaban J connectivity index is 2.05. The van der Waals surface area contributed by atoms with E-state index in [1.165, 1.54) is 0 Å². The molecular formula is C19H30N2O5. The van der Waals surface area contributed by atoms with Gasteiger partial charge in [-0.1, -0.05) is 12.1 Å². The van der Waals surface area contributed by atoms with Crippen molar-refractivity contribution in [3.8, 4) is 5.75 Å². The van der Waals surface area contributed by atoms with Crippen molar-refractivity contribution in [1.82, 2.24) is 10.6 Å².